The molecule has 0 bridgehead atoms. The van der Waals surface area contributed by atoms with E-state index in [0.29, 0.717) is 5.39 Å². The van der Waals surface area contributed by atoms with Gasteiger partial charge in [-0.15, -0.1) is 0 Å². The van der Waals surface area contributed by atoms with Crippen LogP contribution in [0.15, 0.2) is 88.8 Å². The second-order valence-electron chi connectivity index (χ2n) is 7.01. The van der Waals surface area contributed by atoms with Gasteiger partial charge < -0.3 is 5.43 Å². The van der Waals surface area contributed by atoms with Crippen LogP contribution in [0.2, 0.25) is 0 Å². The van der Waals surface area contributed by atoms with Crippen LogP contribution in [0.3, 0.4) is 0 Å². The first-order valence-electron chi connectivity index (χ1n) is 9.98. The van der Waals surface area contributed by atoms with Crippen molar-refractivity contribution in [3.8, 4) is 5.69 Å². The zero-order valence-electron chi connectivity index (χ0n) is 16.8. The first-order valence-corrected chi connectivity index (χ1v) is 11.0. The van der Waals surface area contributed by atoms with Crippen molar-refractivity contribution in [1.29, 1.82) is 0 Å². The maximum Gasteiger partial charge on any atom is 0.266 e. The van der Waals surface area contributed by atoms with E-state index in [1.165, 1.54) is 5.56 Å². The monoisotopic (exact) mass is 416 g/mol. The molecule has 0 saturated carbocycles. The van der Waals surface area contributed by atoms with Gasteiger partial charge in [0.15, 0.2) is 5.16 Å². The smallest absolute Gasteiger partial charge is 0.266 e. The van der Waals surface area contributed by atoms with Gasteiger partial charge in [-0.25, -0.2) is 10.4 Å². The maximum atomic E-state index is 13.2. The number of hydrogen-bond donors (Lipinski definition) is 2. The molecule has 1 heterocycles. The number of nitrogens with one attached hydrogen (secondary N) is 2. The highest BCUT2D eigenvalue weighted by atomic mass is 32.2. The highest BCUT2D eigenvalue weighted by molar-refractivity contribution is 7.99. The van der Waals surface area contributed by atoms with Crippen molar-refractivity contribution in [3.05, 3.63) is 94.8 Å². The normalized spacial score (nSPS) is 11.0. The number of aromatic nitrogens is 2. The molecule has 30 heavy (non-hydrogen) atoms. The molecule has 5 nitrogen and oxygen atoms in total. The summed E-state index contributed by atoms with van der Waals surface area (Å²) in [5.74, 6) is 0.847. The lowest BCUT2D eigenvalue weighted by molar-refractivity contribution is 0.762. The molecule has 0 aliphatic heterocycles. The second-order valence-corrected chi connectivity index (χ2v) is 8.07. The Bertz CT molecular complexity index is 1170. The van der Waals surface area contributed by atoms with Crippen LogP contribution in [0.5, 0.6) is 0 Å². The van der Waals surface area contributed by atoms with E-state index in [1.807, 2.05) is 54.6 Å². The standard InChI is InChI=1S/C24H24N4OS/c1-18-12-14-19(15-13-18)27-25-16-7-17-30-24-26-22-11-6-5-10-21(22)23(29)28(24)20-8-3-2-4-9-20/h2-6,8-15,25,27H,7,16-17H2,1H3. The van der Waals surface area contributed by atoms with Gasteiger partial charge in [0.05, 0.1) is 16.6 Å². The van der Waals surface area contributed by atoms with Crippen LogP contribution >= 0.6 is 11.8 Å². The molecule has 0 unspecified atom stereocenters. The summed E-state index contributed by atoms with van der Waals surface area (Å²) in [6, 6.07) is 25.5. The summed E-state index contributed by atoms with van der Waals surface area (Å²) < 4.78 is 1.71. The van der Waals surface area contributed by atoms with Crippen LogP contribution < -0.4 is 16.4 Å². The molecule has 4 rings (SSSR count). The van der Waals surface area contributed by atoms with E-state index in [-0.39, 0.29) is 5.56 Å². The lowest BCUT2D eigenvalue weighted by Crippen LogP contribution is -2.23. The number of fused-ring (bicyclic) bond motifs is 1. The Hall–Kier alpha value is -3.09. The first kappa shape index (κ1) is 20.2. The number of para-hydroxylation sites is 2. The molecule has 0 aliphatic carbocycles. The van der Waals surface area contributed by atoms with E-state index in [2.05, 4.69) is 42.0 Å². The van der Waals surface area contributed by atoms with Gasteiger partial charge in [0.25, 0.3) is 5.56 Å². The third kappa shape index (κ3) is 4.72. The van der Waals surface area contributed by atoms with Gasteiger partial charge in [-0.05, 0) is 49.7 Å². The Morgan fingerprint density at radius 2 is 1.67 bits per heavy atom. The number of nitrogens with zero attached hydrogens (tertiary/aromatic N) is 2. The summed E-state index contributed by atoms with van der Waals surface area (Å²) in [6.45, 7) is 2.88. The topological polar surface area (TPSA) is 59.0 Å². The summed E-state index contributed by atoms with van der Waals surface area (Å²) in [5, 5.41) is 1.35. The fraction of sp³-hybridized carbons (Fsp3) is 0.167. The lowest BCUT2D eigenvalue weighted by Gasteiger charge is -2.13. The highest BCUT2D eigenvalue weighted by Crippen LogP contribution is 2.21. The van der Waals surface area contributed by atoms with Crippen molar-refractivity contribution in [3.63, 3.8) is 0 Å². The van der Waals surface area contributed by atoms with Crippen molar-refractivity contribution in [2.45, 2.75) is 18.5 Å². The molecular formula is C24H24N4OS. The van der Waals surface area contributed by atoms with E-state index in [4.69, 9.17) is 4.98 Å². The minimum absolute atomic E-state index is 0.0338. The average molecular weight is 417 g/mol. The third-order valence-electron chi connectivity index (χ3n) is 4.72. The van der Waals surface area contributed by atoms with Crippen LogP contribution in [0.4, 0.5) is 5.69 Å². The van der Waals surface area contributed by atoms with Gasteiger partial charge in [0, 0.05) is 18.0 Å². The minimum atomic E-state index is -0.0338. The van der Waals surface area contributed by atoms with Crippen LogP contribution in [0, 0.1) is 6.92 Å². The molecule has 1 aromatic heterocycles. The van der Waals surface area contributed by atoms with Gasteiger partial charge in [-0.3, -0.25) is 9.36 Å². The summed E-state index contributed by atoms with van der Waals surface area (Å²) in [7, 11) is 0. The largest absolute Gasteiger partial charge is 0.322 e. The number of thioether (sulfide) groups is 1. The minimum Gasteiger partial charge on any atom is -0.322 e. The lowest BCUT2D eigenvalue weighted by atomic mass is 10.2. The van der Waals surface area contributed by atoms with Crippen molar-refractivity contribution >= 4 is 28.4 Å². The molecule has 0 spiro atoms. The van der Waals surface area contributed by atoms with Crippen molar-refractivity contribution in [2.24, 2.45) is 0 Å². The SMILES string of the molecule is Cc1ccc(NNCCCSc2nc3ccccc3c(=O)n2-c2ccccc2)cc1. The average Bonchev–Trinajstić information content (AvgIpc) is 2.78. The molecular weight excluding hydrogens is 392 g/mol. The number of aryl methyl sites for hydroxylation is 1. The Morgan fingerprint density at radius 3 is 2.47 bits per heavy atom. The Labute approximate surface area is 180 Å². The third-order valence-corrected chi connectivity index (χ3v) is 5.75. The zero-order valence-corrected chi connectivity index (χ0v) is 17.7. The quantitative estimate of drug-likeness (QED) is 0.187. The second kappa shape index (κ2) is 9.61. The molecule has 4 aromatic rings. The van der Waals surface area contributed by atoms with Crippen molar-refractivity contribution in [1.82, 2.24) is 15.0 Å². The van der Waals surface area contributed by atoms with E-state index >= 15 is 0 Å². The molecule has 6 heteroatoms. The molecule has 0 fully saturated rings. The molecule has 2 N–H and O–H groups in total. The molecule has 0 amide bonds. The van der Waals surface area contributed by atoms with Gasteiger partial charge in [0.1, 0.15) is 0 Å². The number of benzene rings is 3. The molecule has 0 aliphatic rings. The van der Waals surface area contributed by atoms with Gasteiger partial charge in [-0.1, -0.05) is 59.8 Å². The maximum absolute atomic E-state index is 13.2. The van der Waals surface area contributed by atoms with Crippen molar-refractivity contribution < 1.29 is 0 Å². The van der Waals surface area contributed by atoms with Crippen LogP contribution in [-0.2, 0) is 0 Å². The zero-order chi connectivity index (χ0) is 20.8. The van der Waals surface area contributed by atoms with E-state index in [0.717, 1.165) is 40.8 Å². The number of hydrazine groups is 1. The van der Waals surface area contributed by atoms with Gasteiger partial charge >= 0.3 is 0 Å². The fourth-order valence-electron chi connectivity index (χ4n) is 3.14. The van der Waals surface area contributed by atoms with E-state index < -0.39 is 0 Å². The van der Waals surface area contributed by atoms with Gasteiger partial charge in [0.2, 0.25) is 0 Å². The molecule has 152 valence electrons. The molecule has 0 radical (unpaired) electrons. The fourth-order valence-corrected chi connectivity index (χ4v) is 4.09. The molecule has 0 saturated heterocycles. The summed E-state index contributed by atoms with van der Waals surface area (Å²) in [5.41, 5.74) is 10.3. The molecule has 0 atom stereocenters. The highest BCUT2D eigenvalue weighted by Gasteiger charge is 2.12. The summed E-state index contributed by atoms with van der Waals surface area (Å²) in [6.07, 6.45) is 0.932. The van der Waals surface area contributed by atoms with E-state index in [9.17, 15) is 4.79 Å². The Balaban J connectivity index is 1.44. The van der Waals surface area contributed by atoms with E-state index in [1.54, 1.807) is 16.3 Å². The Kier molecular flexibility index (Phi) is 6.47. The predicted molar refractivity (Wildman–Crippen MR) is 125 cm³/mol. The number of anilines is 1. The number of rotatable bonds is 8. The van der Waals surface area contributed by atoms with Crippen molar-refractivity contribution in [2.75, 3.05) is 17.7 Å². The number of hydrogen-bond acceptors (Lipinski definition) is 5. The van der Waals surface area contributed by atoms with Crippen LogP contribution in [-0.4, -0.2) is 21.8 Å². The summed E-state index contributed by atoms with van der Waals surface area (Å²) in [4.78, 5) is 17.9. The van der Waals surface area contributed by atoms with Gasteiger partial charge in [-0.2, -0.15) is 0 Å². The predicted octanol–water partition coefficient (Wildman–Crippen LogP) is 4.79. The summed E-state index contributed by atoms with van der Waals surface area (Å²) >= 11 is 1.60. The van der Waals surface area contributed by atoms with Crippen LogP contribution in [0.1, 0.15) is 12.0 Å². The van der Waals surface area contributed by atoms with Crippen LogP contribution in [0.25, 0.3) is 16.6 Å². The first-order chi connectivity index (χ1) is 14.7. The molecule has 3 aromatic carbocycles. The Morgan fingerprint density at radius 1 is 0.933 bits per heavy atom.